The Labute approximate surface area is 172 Å². The molecule has 0 bridgehead atoms. The number of benzene rings is 1. The van der Waals surface area contributed by atoms with Crippen molar-refractivity contribution in [3.8, 4) is 11.4 Å². The zero-order valence-corrected chi connectivity index (χ0v) is 17.2. The van der Waals surface area contributed by atoms with E-state index in [1.165, 1.54) is 9.71 Å². The number of hydrogen-bond donors (Lipinski definition) is 0. The van der Waals surface area contributed by atoms with Crippen LogP contribution in [0.15, 0.2) is 48.8 Å². The summed E-state index contributed by atoms with van der Waals surface area (Å²) < 4.78 is 5.87. The molecule has 8 heteroatoms. The summed E-state index contributed by atoms with van der Waals surface area (Å²) in [4.78, 5) is 11.4. The third-order valence-corrected chi connectivity index (χ3v) is 6.88. The molecule has 1 aliphatic rings. The standard InChI is InChI=1S/C20H20N6S2/c1-24-18(14-8-10-21-11-9-14)23-26(20(24)27)13-25-12-4-6-16(25)19-22-15-5-2-3-7-17(15)28-19/h2-3,5,7-11,16H,4,6,12-13H2,1H3/t16-/m0/s1. The largest absolute Gasteiger partial charge is 0.303 e. The highest BCUT2D eigenvalue weighted by molar-refractivity contribution is 7.71. The van der Waals surface area contributed by atoms with Crippen LogP contribution in [0.2, 0.25) is 0 Å². The second-order valence-corrected chi connectivity index (χ2v) is 8.46. The van der Waals surface area contributed by atoms with E-state index in [1.807, 2.05) is 34.5 Å². The highest BCUT2D eigenvalue weighted by Crippen LogP contribution is 2.36. The fourth-order valence-electron chi connectivity index (χ4n) is 3.81. The Hall–Kier alpha value is -2.42. The van der Waals surface area contributed by atoms with Crippen LogP contribution < -0.4 is 0 Å². The second kappa shape index (κ2) is 7.20. The number of pyridine rings is 1. The molecule has 3 aromatic heterocycles. The molecule has 0 spiro atoms. The average Bonchev–Trinajstić information content (AvgIpc) is 3.42. The van der Waals surface area contributed by atoms with Gasteiger partial charge in [0.2, 0.25) is 0 Å². The smallest absolute Gasteiger partial charge is 0.199 e. The molecule has 4 heterocycles. The normalized spacial score (nSPS) is 17.5. The summed E-state index contributed by atoms with van der Waals surface area (Å²) in [5, 5.41) is 5.99. The fraction of sp³-hybridized carbons (Fsp3) is 0.300. The predicted molar refractivity (Wildman–Crippen MR) is 114 cm³/mol. The molecular formula is C20H20N6S2. The molecule has 4 aromatic rings. The average molecular weight is 409 g/mol. The lowest BCUT2D eigenvalue weighted by Crippen LogP contribution is -2.27. The van der Waals surface area contributed by atoms with Crippen molar-refractivity contribution in [1.29, 1.82) is 0 Å². The van der Waals surface area contributed by atoms with E-state index in [1.54, 1.807) is 23.7 Å². The van der Waals surface area contributed by atoms with Crippen LogP contribution in [0.3, 0.4) is 0 Å². The first-order valence-corrected chi connectivity index (χ1v) is 10.6. The number of rotatable bonds is 4. The van der Waals surface area contributed by atoms with Crippen LogP contribution in [0, 0.1) is 4.77 Å². The van der Waals surface area contributed by atoms with Gasteiger partial charge in [-0.3, -0.25) is 9.88 Å². The first kappa shape index (κ1) is 17.7. The van der Waals surface area contributed by atoms with Gasteiger partial charge in [0.25, 0.3) is 0 Å². The Bertz CT molecular complexity index is 1140. The second-order valence-electron chi connectivity index (χ2n) is 7.03. The van der Waals surface area contributed by atoms with Gasteiger partial charge in [0.15, 0.2) is 10.6 Å². The quantitative estimate of drug-likeness (QED) is 0.468. The van der Waals surface area contributed by atoms with E-state index in [-0.39, 0.29) is 0 Å². The van der Waals surface area contributed by atoms with E-state index in [0.29, 0.717) is 12.7 Å². The van der Waals surface area contributed by atoms with Crippen LogP contribution in [-0.2, 0) is 13.7 Å². The van der Waals surface area contributed by atoms with E-state index in [4.69, 9.17) is 22.3 Å². The van der Waals surface area contributed by atoms with Crippen molar-refractivity contribution in [3.63, 3.8) is 0 Å². The summed E-state index contributed by atoms with van der Waals surface area (Å²) in [6, 6.07) is 12.6. The summed E-state index contributed by atoms with van der Waals surface area (Å²) >= 11 is 7.46. The molecule has 28 heavy (non-hydrogen) atoms. The van der Waals surface area contributed by atoms with Gasteiger partial charge in [-0.2, -0.15) is 5.10 Å². The number of para-hydroxylation sites is 1. The maximum atomic E-state index is 5.66. The lowest BCUT2D eigenvalue weighted by Gasteiger charge is -2.22. The maximum absolute atomic E-state index is 5.66. The monoisotopic (exact) mass is 408 g/mol. The lowest BCUT2D eigenvalue weighted by molar-refractivity contribution is 0.190. The van der Waals surface area contributed by atoms with E-state index < -0.39 is 0 Å². The summed E-state index contributed by atoms with van der Waals surface area (Å²) in [6.45, 7) is 1.71. The van der Waals surface area contributed by atoms with Gasteiger partial charge < -0.3 is 4.57 Å². The molecule has 1 aliphatic heterocycles. The Morgan fingerprint density at radius 2 is 2.00 bits per heavy atom. The highest BCUT2D eigenvalue weighted by Gasteiger charge is 2.29. The molecule has 0 amide bonds. The van der Waals surface area contributed by atoms with Gasteiger partial charge in [-0.1, -0.05) is 12.1 Å². The summed E-state index contributed by atoms with van der Waals surface area (Å²) in [6.07, 6.45) is 5.84. The number of fused-ring (bicyclic) bond motifs is 1. The van der Waals surface area contributed by atoms with Gasteiger partial charge in [0.05, 0.1) is 22.9 Å². The minimum absolute atomic E-state index is 0.325. The molecule has 5 rings (SSSR count). The molecular weight excluding hydrogens is 388 g/mol. The number of thiazole rings is 1. The molecule has 0 radical (unpaired) electrons. The SMILES string of the molecule is Cn1c(-c2ccncc2)nn(CN2CCC[C@H]2c2nc3ccccc3s2)c1=S. The van der Waals surface area contributed by atoms with Crippen LogP contribution in [0.1, 0.15) is 23.9 Å². The van der Waals surface area contributed by atoms with Crippen LogP contribution in [0.4, 0.5) is 0 Å². The van der Waals surface area contributed by atoms with Crippen LogP contribution in [-0.4, -0.2) is 35.8 Å². The highest BCUT2D eigenvalue weighted by atomic mass is 32.1. The van der Waals surface area contributed by atoms with Crippen molar-refractivity contribution in [2.75, 3.05) is 6.54 Å². The fourth-order valence-corrected chi connectivity index (χ4v) is 5.13. The van der Waals surface area contributed by atoms with Gasteiger partial charge in [0.1, 0.15) is 5.01 Å². The van der Waals surface area contributed by atoms with Crippen LogP contribution in [0.25, 0.3) is 21.6 Å². The van der Waals surface area contributed by atoms with Crippen molar-refractivity contribution in [3.05, 3.63) is 58.6 Å². The molecule has 1 fully saturated rings. The lowest BCUT2D eigenvalue weighted by atomic mass is 10.2. The van der Waals surface area contributed by atoms with Gasteiger partial charge in [-0.15, -0.1) is 11.3 Å². The molecule has 1 aromatic carbocycles. The van der Waals surface area contributed by atoms with E-state index in [2.05, 4.69) is 28.1 Å². The Balaban J connectivity index is 1.45. The first-order valence-electron chi connectivity index (χ1n) is 9.34. The molecule has 0 saturated carbocycles. The Kier molecular flexibility index (Phi) is 4.54. The van der Waals surface area contributed by atoms with Crippen LogP contribution >= 0.6 is 23.6 Å². The third kappa shape index (κ3) is 3.07. The summed E-state index contributed by atoms with van der Waals surface area (Å²) in [5.41, 5.74) is 2.11. The van der Waals surface area contributed by atoms with Gasteiger partial charge in [0, 0.05) is 31.5 Å². The molecule has 1 atom stereocenters. The molecule has 6 nitrogen and oxygen atoms in total. The number of nitrogens with zero attached hydrogens (tertiary/aromatic N) is 6. The van der Waals surface area contributed by atoms with Crippen molar-refractivity contribution in [1.82, 2.24) is 29.2 Å². The zero-order chi connectivity index (χ0) is 19.1. The molecule has 0 unspecified atom stereocenters. The van der Waals surface area contributed by atoms with Crippen LogP contribution in [0.5, 0.6) is 0 Å². The van der Waals surface area contributed by atoms with Crippen molar-refractivity contribution in [2.24, 2.45) is 7.05 Å². The van der Waals surface area contributed by atoms with Crippen molar-refractivity contribution >= 4 is 33.8 Å². The van der Waals surface area contributed by atoms with E-state index in [9.17, 15) is 0 Å². The molecule has 142 valence electrons. The predicted octanol–water partition coefficient (Wildman–Crippen LogP) is 4.42. The Morgan fingerprint density at radius 1 is 1.18 bits per heavy atom. The van der Waals surface area contributed by atoms with E-state index >= 15 is 0 Å². The first-order chi connectivity index (χ1) is 13.7. The van der Waals surface area contributed by atoms with Gasteiger partial charge in [-0.05, 0) is 49.3 Å². The zero-order valence-electron chi connectivity index (χ0n) is 15.5. The number of hydrogen-bond acceptors (Lipinski definition) is 6. The molecule has 0 aliphatic carbocycles. The van der Waals surface area contributed by atoms with Crippen molar-refractivity contribution in [2.45, 2.75) is 25.6 Å². The summed E-state index contributed by atoms with van der Waals surface area (Å²) in [5.74, 6) is 0.864. The minimum Gasteiger partial charge on any atom is -0.303 e. The maximum Gasteiger partial charge on any atom is 0.199 e. The summed E-state index contributed by atoms with van der Waals surface area (Å²) in [7, 11) is 1.97. The van der Waals surface area contributed by atoms with E-state index in [0.717, 1.165) is 41.1 Å². The van der Waals surface area contributed by atoms with Gasteiger partial charge >= 0.3 is 0 Å². The van der Waals surface area contributed by atoms with Crippen molar-refractivity contribution < 1.29 is 0 Å². The van der Waals surface area contributed by atoms with Gasteiger partial charge in [-0.25, -0.2) is 9.67 Å². The number of likely N-dealkylation sites (tertiary alicyclic amines) is 1. The minimum atomic E-state index is 0.325. The third-order valence-electron chi connectivity index (χ3n) is 5.25. The molecule has 1 saturated heterocycles. The Morgan fingerprint density at radius 3 is 2.82 bits per heavy atom. The topological polar surface area (TPSA) is 51.8 Å². The number of aromatic nitrogens is 5. The molecule has 0 N–H and O–H groups in total.